The number of methoxy groups -OCH3 is 1. The minimum atomic E-state index is -0.767. The fourth-order valence-electron chi connectivity index (χ4n) is 4.10. The molecule has 0 aromatic heterocycles. The van der Waals surface area contributed by atoms with E-state index in [1.165, 1.54) is 12.7 Å². The number of allylic oxidation sites excluding steroid dienone is 2. The molecule has 2 atom stereocenters. The first-order valence-electron chi connectivity index (χ1n) is 8.42. The molecular formula is C21H18O5. The molecule has 0 aliphatic heterocycles. The molecule has 0 saturated heterocycles. The number of ether oxygens (including phenoxy) is 3. The standard InChI is InChI=1S/C21H18O5/c1-4-16(22)25-20-14-8-6-5-7-13(14)19(26-21(23)24-3)17-12-9-11(2)15(10-12)18(17)20/h4-9,12,15H,1,10H2,2-3H3. The molecule has 0 amide bonds. The number of benzene rings is 2. The van der Waals surface area contributed by atoms with Crippen LogP contribution in [0.5, 0.6) is 11.5 Å². The third-order valence-electron chi connectivity index (χ3n) is 5.14. The highest BCUT2D eigenvalue weighted by Gasteiger charge is 2.43. The Morgan fingerprint density at radius 2 is 1.77 bits per heavy atom. The van der Waals surface area contributed by atoms with Crippen LogP contribution in [0.3, 0.4) is 0 Å². The molecule has 0 spiro atoms. The van der Waals surface area contributed by atoms with Crippen molar-refractivity contribution in [2.24, 2.45) is 0 Å². The molecule has 0 radical (unpaired) electrons. The highest BCUT2D eigenvalue weighted by molar-refractivity contribution is 6.00. The van der Waals surface area contributed by atoms with Gasteiger partial charge in [-0.1, -0.05) is 42.5 Å². The molecule has 26 heavy (non-hydrogen) atoms. The van der Waals surface area contributed by atoms with Gasteiger partial charge in [-0.05, 0) is 13.3 Å². The number of hydrogen-bond acceptors (Lipinski definition) is 5. The van der Waals surface area contributed by atoms with Crippen LogP contribution in [0.15, 0.2) is 48.6 Å². The van der Waals surface area contributed by atoms with Crippen molar-refractivity contribution in [3.8, 4) is 11.5 Å². The van der Waals surface area contributed by atoms with Crippen molar-refractivity contribution < 1.29 is 23.8 Å². The number of hydrogen-bond donors (Lipinski definition) is 0. The second kappa shape index (κ2) is 6.02. The lowest BCUT2D eigenvalue weighted by atomic mass is 9.87. The molecule has 5 nitrogen and oxygen atoms in total. The van der Waals surface area contributed by atoms with Crippen LogP contribution >= 0.6 is 0 Å². The van der Waals surface area contributed by atoms with Gasteiger partial charge in [0.15, 0.2) is 0 Å². The lowest BCUT2D eigenvalue weighted by molar-refractivity contribution is -0.128. The third-order valence-corrected chi connectivity index (χ3v) is 5.14. The van der Waals surface area contributed by atoms with Crippen LogP contribution in [0.4, 0.5) is 4.79 Å². The molecule has 4 rings (SSSR count). The monoisotopic (exact) mass is 350 g/mol. The summed E-state index contributed by atoms with van der Waals surface area (Å²) >= 11 is 0. The van der Waals surface area contributed by atoms with Crippen LogP contribution in [0.25, 0.3) is 10.8 Å². The fourth-order valence-corrected chi connectivity index (χ4v) is 4.10. The Hall–Kier alpha value is -3.08. The highest BCUT2D eigenvalue weighted by Crippen LogP contribution is 2.60. The minimum Gasteiger partial charge on any atom is -0.437 e. The molecule has 0 saturated carbocycles. The van der Waals surface area contributed by atoms with E-state index in [1.54, 1.807) is 0 Å². The van der Waals surface area contributed by atoms with Gasteiger partial charge in [-0.15, -0.1) is 0 Å². The van der Waals surface area contributed by atoms with E-state index in [9.17, 15) is 9.59 Å². The summed E-state index contributed by atoms with van der Waals surface area (Å²) in [5.41, 5.74) is 3.05. The van der Waals surface area contributed by atoms with Crippen LogP contribution in [-0.2, 0) is 9.53 Å². The van der Waals surface area contributed by atoms with Crippen molar-refractivity contribution in [1.82, 2.24) is 0 Å². The van der Waals surface area contributed by atoms with Gasteiger partial charge in [0.25, 0.3) is 0 Å². The summed E-state index contributed by atoms with van der Waals surface area (Å²) in [4.78, 5) is 23.8. The Bertz CT molecular complexity index is 986. The molecule has 5 heteroatoms. The molecule has 2 aromatic carbocycles. The maximum Gasteiger partial charge on any atom is 0.513 e. The molecule has 0 fully saturated rings. The second-order valence-electron chi connectivity index (χ2n) is 6.52. The van der Waals surface area contributed by atoms with Crippen molar-refractivity contribution in [3.05, 3.63) is 59.7 Å². The summed E-state index contributed by atoms with van der Waals surface area (Å²) in [6.45, 7) is 5.56. The zero-order chi connectivity index (χ0) is 18.4. The van der Waals surface area contributed by atoms with Crippen molar-refractivity contribution in [2.75, 3.05) is 7.11 Å². The Morgan fingerprint density at radius 3 is 2.38 bits per heavy atom. The number of esters is 1. The summed E-state index contributed by atoms with van der Waals surface area (Å²) in [5.74, 6) is 0.769. The third kappa shape index (κ3) is 2.31. The number of carbonyl (C=O) groups excluding carboxylic acids is 2. The SMILES string of the molecule is C=CC(=O)Oc1c2c(c(OC(=O)OC)c3ccccc13)C1C=C(C)C2C1. The van der Waals surface area contributed by atoms with E-state index in [1.807, 2.05) is 24.3 Å². The molecule has 2 aliphatic rings. The summed E-state index contributed by atoms with van der Waals surface area (Å²) in [6.07, 6.45) is 3.45. The molecular weight excluding hydrogens is 332 g/mol. The average molecular weight is 350 g/mol. The molecule has 132 valence electrons. The Balaban J connectivity index is 2.04. The van der Waals surface area contributed by atoms with Gasteiger partial charge in [0.2, 0.25) is 0 Å². The van der Waals surface area contributed by atoms with Gasteiger partial charge in [0.1, 0.15) is 11.5 Å². The van der Waals surface area contributed by atoms with Gasteiger partial charge in [-0.2, -0.15) is 0 Å². The van der Waals surface area contributed by atoms with Gasteiger partial charge in [-0.25, -0.2) is 9.59 Å². The van der Waals surface area contributed by atoms with Crippen molar-refractivity contribution in [2.45, 2.75) is 25.2 Å². The van der Waals surface area contributed by atoms with E-state index in [0.29, 0.717) is 16.9 Å². The first-order valence-corrected chi connectivity index (χ1v) is 8.42. The molecule has 0 heterocycles. The topological polar surface area (TPSA) is 61.8 Å². The zero-order valence-electron chi connectivity index (χ0n) is 14.6. The predicted molar refractivity (Wildman–Crippen MR) is 96.7 cm³/mol. The van der Waals surface area contributed by atoms with E-state index >= 15 is 0 Å². The van der Waals surface area contributed by atoms with Crippen molar-refractivity contribution in [3.63, 3.8) is 0 Å². The van der Waals surface area contributed by atoms with Crippen LogP contribution in [0, 0.1) is 0 Å². The molecule has 2 aliphatic carbocycles. The normalized spacial score (nSPS) is 19.7. The summed E-state index contributed by atoms with van der Waals surface area (Å²) < 4.78 is 15.9. The van der Waals surface area contributed by atoms with Crippen LogP contribution < -0.4 is 9.47 Å². The van der Waals surface area contributed by atoms with Gasteiger partial charge in [-0.3, -0.25) is 0 Å². The number of rotatable bonds is 3. The van der Waals surface area contributed by atoms with Gasteiger partial charge in [0, 0.05) is 39.8 Å². The molecule has 2 bridgehead atoms. The van der Waals surface area contributed by atoms with Crippen molar-refractivity contribution >= 4 is 22.9 Å². The average Bonchev–Trinajstić information content (AvgIpc) is 3.21. The maximum absolute atomic E-state index is 12.0. The van der Waals surface area contributed by atoms with E-state index in [2.05, 4.69) is 19.6 Å². The predicted octanol–water partition coefficient (Wildman–Crippen LogP) is 4.61. The zero-order valence-corrected chi connectivity index (χ0v) is 14.6. The van der Waals surface area contributed by atoms with E-state index in [4.69, 9.17) is 14.2 Å². The number of fused-ring (bicyclic) bond motifs is 6. The summed E-state index contributed by atoms with van der Waals surface area (Å²) in [5, 5.41) is 1.43. The van der Waals surface area contributed by atoms with E-state index in [-0.39, 0.29) is 11.8 Å². The van der Waals surface area contributed by atoms with Gasteiger partial charge in [0.05, 0.1) is 7.11 Å². The van der Waals surface area contributed by atoms with Gasteiger partial charge >= 0.3 is 12.1 Å². The fraction of sp³-hybridized carbons (Fsp3) is 0.238. The van der Waals surface area contributed by atoms with Gasteiger partial charge < -0.3 is 14.2 Å². The van der Waals surface area contributed by atoms with Crippen LogP contribution in [-0.4, -0.2) is 19.2 Å². The largest absolute Gasteiger partial charge is 0.513 e. The lowest BCUT2D eigenvalue weighted by Gasteiger charge is -2.23. The first-order chi connectivity index (χ1) is 12.5. The summed E-state index contributed by atoms with van der Waals surface area (Å²) in [6, 6.07) is 7.42. The number of carbonyl (C=O) groups is 2. The Labute approximate surface area is 150 Å². The maximum atomic E-state index is 12.0. The van der Waals surface area contributed by atoms with Crippen LogP contribution in [0.2, 0.25) is 0 Å². The molecule has 2 unspecified atom stereocenters. The first kappa shape index (κ1) is 16.4. The minimum absolute atomic E-state index is 0.125. The highest BCUT2D eigenvalue weighted by atomic mass is 16.7. The lowest BCUT2D eigenvalue weighted by Crippen LogP contribution is -2.13. The summed E-state index contributed by atoms with van der Waals surface area (Å²) in [7, 11) is 1.28. The van der Waals surface area contributed by atoms with Crippen LogP contribution in [0.1, 0.15) is 36.3 Å². The van der Waals surface area contributed by atoms with Crippen molar-refractivity contribution in [1.29, 1.82) is 0 Å². The molecule has 2 aromatic rings. The van der Waals surface area contributed by atoms with E-state index < -0.39 is 12.1 Å². The Morgan fingerprint density at radius 1 is 1.12 bits per heavy atom. The second-order valence-corrected chi connectivity index (χ2v) is 6.52. The Kier molecular flexibility index (Phi) is 3.80. The molecule has 0 N–H and O–H groups in total. The smallest absolute Gasteiger partial charge is 0.437 e. The van der Waals surface area contributed by atoms with E-state index in [0.717, 1.165) is 29.0 Å². The quantitative estimate of drug-likeness (QED) is 0.266.